The molecule has 2 heterocycles. The van der Waals surface area contributed by atoms with Crippen LogP contribution in [0.25, 0.3) is 0 Å². The summed E-state index contributed by atoms with van der Waals surface area (Å²) in [7, 11) is 1.66. The Bertz CT molecular complexity index is 556. The number of aliphatic imine (C=N–C) groups is 1. The Morgan fingerprint density at radius 3 is 3.14 bits per heavy atom. The van der Waals surface area contributed by atoms with Crippen LogP contribution in [0.4, 0.5) is 5.69 Å². The number of rotatable bonds is 6. The lowest BCUT2D eigenvalue weighted by Gasteiger charge is -2.37. The van der Waals surface area contributed by atoms with Crippen molar-refractivity contribution in [1.29, 1.82) is 0 Å². The van der Waals surface area contributed by atoms with Crippen molar-refractivity contribution >= 4 is 28.9 Å². The van der Waals surface area contributed by atoms with Gasteiger partial charge in [-0.05, 0) is 12.1 Å². The van der Waals surface area contributed by atoms with Crippen molar-refractivity contribution in [1.82, 2.24) is 10.3 Å². The summed E-state index contributed by atoms with van der Waals surface area (Å²) in [5.41, 5.74) is 3.27. The molecule has 0 atom stereocenters. The molecule has 2 rings (SSSR count). The fourth-order valence-corrected chi connectivity index (χ4v) is 2.34. The van der Waals surface area contributed by atoms with Crippen molar-refractivity contribution in [3.8, 4) is 0 Å². The molecule has 0 aliphatic carbocycles. The topological polar surface area (TPSA) is 77.8 Å². The van der Waals surface area contributed by atoms with Crippen LogP contribution < -0.4 is 10.2 Å². The van der Waals surface area contributed by atoms with E-state index in [0.717, 1.165) is 5.69 Å². The van der Waals surface area contributed by atoms with Crippen LogP contribution >= 0.6 is 11.8 Å². The molecular formula is C14H18N4O2S. The van der Waals surface area contributed by atoms with Crippen LogP contribution in [0.2, 0.25) is 0 Å². The number of aliphatic hydroxyl groups excluding tert-OH is 1. The smallest absolute Gasteiger partial charge is 0.230 e. The van der Waals surface area contributed by atoms with Gasteiger partial charge in [-0.25, -0.2) is 0 Å². The Morgan fingerprint density at radius 1 is 1.71 bits per heavy atom. The number of carbonyl (C=O) groups excluding carboxylic acids is 1. The first-order chi connectivity index (χ1) is 10.1. The number of nitrogens with zero attached hydrogens (tertiary/aromatic N) is 3. The third-order valence-corrected chi connectivity index (χ3v) is 3.65. The predicted molar refractivity (Wildman–Crippen MR) is 85.5 cm³/mol. The monoisotopic (exact) mass is 306 g/mol. The summed E-state index contributed by atoms with van der Waals surface area (Å²) >= 11 is 1.26. The first kappa shape index (κ1) is 15.5. The zero-order valence-corrected chi connectivity index (χ0v) is 12.6. The quantitative estimate of drug-likeness (QED) is 0.600. The highest BCUT2D eigenvalue weighted by Crippen LogP contribution is 2.21. The average molecular weight is 306 g/mol. The molecule has 6 nitrogen and oxygen atoms in total. The number of carbonyl (C=O) groups is 1. The largest absolute Gasteiger partial charge is 0.389 e. The van der Waals surface area contributed by atoms with E-state index in [-0.39, 0.29) is 18.4 Å². The van der Waals surface area contributed by atoms with Gasteiger partial charge in [0.15, 0.2) is 0 Å². The summed E-state index contributed by atoms with van der Waals surface area (Å²) in [6, 6.07) is 3.74. The van der Waals surface area contributed by atoms with Gasteiger partial charge in [0.2, 0.25) is 5.91 Å². The maximum Gasteiger partial charge on any atom is 0.230 e. The van der Waals surface area contributed by atoms with Gasteiger partial charge in [0.1, 0.15) is 0 Å². The number of β-amino-alcohol motifs (C(OH)–C–C–N with tert-alkyl or cyclic N) is 1. The number of thioether (sulfide) groups is 1. The summed E-state index contributed by atoms with van der Waals surface area (Å²) in [6.07, 6.45) is 1.61. The molecule has 0 aromatic carbocycles. The summed E-state index contributed by atoms with van der Waals surface area (Å²) in [6.45, 7) is 4.98. The highest BCUT2D eigenvalue weighted by Gasteiger charge is 2.24. The number of aliphatic hydroxyl groups is 1. The second-order valence-corrected chi connectivity index (χ2v) is 5.63. The molecule has 1 aliphatic heterocycles. The van der Waals surface area contributed by atoms with Gasteiger partial charge in [-0.2, -0.15) is 0 Å². The number of aromatic nitrogens is 1. The lowest BCUT2D eigenvalue weighted by atomic mass is 10.1. The number of anilines is 1. The zero-order chi connectivity index (χ0) is 15.2. The molecule has 7 heteroatoms. The summed E-state index contributed by atoms with van der Waals surface area (Å²) in [5, 5.41) is 12.5. The average Bonchev–Trinajstić information content (AvgIpc) is 2.41. The zero-order valence-electron chi connectivity index (χ0n) is 11.8. The van der Waals surface area contributed by atoms with Gasteiger partial charge in [0.05, 0.1) is 28.8 Å². The van der Waals surface area contributed by atoms with Crippen molar-refractivity contribution in [2.75, 3.05) is 25.0 Å². The summed E-state index contributed by atoms with van der Waals surface area (Å²) in [4.78, 5) is 21.9. The maximum atomic E-state index is 11.9. The molecular weight excluding hydrogens is 288 g/mol. The number of hydrogen-bond acceptors (Lipinski definition) is 6. The van der Waals surface area contributed by atoms with E-state index in [1.807, 2.05) is 17.0 Å². The Labute approximate surface area is 128 Å². The fraction of sp³-hybridized carbons (Fsp3) is 0.357. The molecule has 1 fully saturated rings. The summed E-state index contributed by atoms with van der Waals surface area (Å²) < 4.78 is 0. The minimum atomic E-state index is -0.259. The van der Waals surface area contributed by atoms with E-state index in [1.165, 1.54) is 11.8 Å². The van der Waals surface area contributed by atoms with Crippen LogP contribution in [-0.4, -0.2) is 47.8 Å². The van der Waals surface area contributed by atoms with Gasteiger partial charge in [-0.15, -0.1) is 0 Å². The van der Waals surface area contributed by atoms with Gasteiger partial charge in [0, 0.05) is 32.0 Å². The van der Waals surface area contributed by atoms with Crippen LogP contribution in [0.3, 0.4) is 0 Å². The molecule has 0 bridgehead atoms. The van der Waals surface area contributed by atoms with Gasteiger partial charge < -0.3 is 15.3 Å². The lowest BCUT2D eigenvalue weighted by molar-refractivity contribution is -0.119. The molecule has 1 saturated heterocycles. The second kappa shape index (κ2) is 7.24. The molecule has 21 heavy (non-hydrogen) atoms. The first-order valence-electron chi connectivity index (χ1n) is 6.52. The summed E-state index contributed by atoms with van der Waals surface area (Å²) in [5.74, 6) is -0.162. The van der Waals surface area contributed by atoms with Gasteiger partial charge in [-0.3, -0.25) is 14.8 Å². The Morgan fingerprint density at radius 2 is 2.48 bits per heavy atom. The van der Waals surface area contributed by atoms with Crippen LogP contribution in [0.5, 0.6) is 0 Å². The normalized spacial score (nSPS) is 15.0. The highest BCUT2D eigenvalue weighted by molar-refractivity contribution is 8.15. The van der Waals surface area contributed by atoms with E-state index in [0.29, 0.717) is 23.8 Å². The van der Waals surface area contributed by atoms with Gasteiger partial charge in [0.25, 0.3) is 0 Å². The lowest BCUT2D eigenvalue weighted by Crippen LogP contribution is -2.50. The molecule has 1 aromatic heterocycles. The van der Waals surface area contributed by atoms with E-state index in [2.05, 4.69) is 21.9 Å². The number of amides is 1. The first-order valence-corrected chi connectivity index (χ1v) is 7.40. The highest BCUT2D eigenvalue weighted by atomic mass is 32.2. The molecule has 0 unspecified atom stereocenters. The standard InChI is InChI=1S/C14H18N4O2S/c1-10(21-9-15-2)17-14(20)6-11-5-12(3-4-16-11)18-7-13(19)8-18/h3-5,9,13,19H,1,6-8H2,2H3,(H,17,20). The Hall–Kier alpha value is -1.86. The fourth-order valence-electron chi connectivity index (χ4n) is 1.93. The molecule has 1 aliphatic rings. The third-order valence-electron chi connectivity index (χ3n) is 2.95. The van der Waals surface area contributed by atoms with Crippen molar-refractivity contribution < 1.29 is 9.90 Å². The molecule has 0 spiro atoms. The Balaban J connectivity index is 1.89. The minimum Gasteiger partial charge on any atom is -0.389 e. The van der Waals surface area contributed by atoms with Gasteiger partial charge in [-0.1, -0.05) is 18.3 Å². The van der Waals surface area contributed by atoms with Crippen molar-refractivity contribution in [3.05, 3.63) is 35.6 Å². The van der Waals surface area contributed by atoms with E-state index in [1.54, 1.807) is 18.8 Å². The van der Waals surface area contributed by atoms with E-state index < -0.39 is 0 Å². The SMILES string of the molecule is C=C(NC(=O)Cc1cc(N2CC(O)C2)ccn1)SC=NC. The number of hydrogen-bond donors (Lipinski definition) is 2. The second-order valence-electron chi connectivity index (χ2n) is 4.69. The van der Waals surface area contributed by atoms with Crippen molar-refractivity contribution in [2.45, 2.75) is 12.5 Å². The van der Waals surface area contributed by atoms with Crippen molar-refractivity contribution in [3.63, 3.8) is 0 Å². The third kappa shape index (κ3) is 4.57. The predicted octanol–water partition coefficient (Wildman–Crippen LogP) is 0.784. The van der Waals surface area contributed by atoms with E-state index in [4.69, 9.17) is 0 Å². The van der Waals surface area contributed by atoms with Crippen LogP contribution in [0.15, 0.2) is 34.9 Å². The molecule has 2 N–H and O–H groups in total. The van der Waals surface area contributed by atoms with Crippen molar-refractivity contribution in [2.24, 2.45) is 4.99 Å². The molecule has 1 aromatic rings. The molecule has 1 amide bonds. The molecule has 112 valence electrons. The van der Waals surface area contributed by atoms with Gasteiger partial charge >= 0.3 is 0 Å². The van der Waals surface area contributed by atoms with Crippen LogP contribution in [-0.2, 0) is 11.2 Å². The number of pyridine rings is 1. The van der Waals surface area contributed by atoms with E-state index in [9.17, 15) is 9.90 Å². The minimum absolute atomic E-state index is 0.162. The van der Waals surface area contributed by atoms with Crippen LogP contribution in [0.1, 0.15) is 5.69 Å². The molecule has 0 radical (unpaired) electrons. The molecule has 0 saturated carbocycles. The van der Waals surface area contributed by atoms with E-state index >= 15 is 0 Å². The Kier molecular flexibility index (Phi) is 5.35. The van der Waals surface area contributed by atoms with Crippen LogP contribution in [0, 0.1) is 0 Å². The number of nitrogens with one attached hydrogen (secondary N) is 1. The maximum absolute atomic E-state index is 11.9.